The van der Waals surface area contributed by atoms with Crippen LogP contribution < -0.4 is 5.32 Å². The molecule has 1 heterocycles. The summed E-state index contributed by atoms with van der Waals surface area (Å²) in [4.78, 5) is 12.5. The van der Waals surface area contributed by atoms with Gasteiger partial charge >= 0.3 is 0 Å². The molecule has 2 aromatic carbocycles. The van der Waals surface area contributed by atoms with Crippen molar-refractivity contribution in [2.24, 2.45) is 5.92 Å². The van der Waals surface area contributed by atoms with Crippen molar-refractivity contribution in [3.05, 3.63) is 64.1 Å². The largest absolute Gasteiger partial charge is 0.324 e. The first-order valence-corrected chi connectivity index (χ1v) is 11.0. The predicted octanol–water partition coefficient (Wildman–Crippen LogP) is 4.17. The van der Waals surface area contributed by atoms with E-state index in [0.717, 1.165) is 5.56 Å². The lowest BCUT2D eigenvalue weighted by Gasteiger charge is -2.30. The van der Waals surface area contributed by atoms with Gasteiger partial charge in [-0.2, -0.15) is 0 Å². The van der Waals surface area contributed by atoms with Crippen molar-refractivity contribution in [1.29, 1.82) is 0 Å². The van der Waals surface area contributed by atoms with Gasteiger partial charge in [0.2, 0.25) is 15.9 Å². The van der Waals surface area contributed by atoms with E-state index in [2.05, 4.69) is 5.32 Å². The van der Waals surface area contributed by atoms with Gasteiger partial charge in [-0.3, -0.25) is 4.79 Å². The van der Waals surface area contributed by atoms with Gasteiger partial charge < -0.3 is 5.32 Å². The lowest BCUT2D eigenvalue weighted by Crippen LogP contribution is -2.41. The third-order valence-corrected chi connectivity index (χ3v) is 7.29. The maximum Gasteiger partial charge on any atom is 0.227 e. The molecule has 0 saturated carbocycles. The van der Waals surface area contributed by atoms with E-state index in [4.69, 9.17) is 23.2 Å². The molecule has 0 unspecified atom stereocenters. The summed E-state index contributed by atoms with van der Waals surface area (Å²) in [6, 6.07) is 14.1. The molecule has 1 N–H and O–H groups in total. The van der Waals surface area contributed by atoms with Gasteiger partial charge in [0.15, 0.2) is 0 Å². The summed E-state index contributed by atoms with van der Waals surface area (Å²) >= 11 is 12.1. The van der Waals surface area contributed by atoms with Crippen LogP contribution in [0.25, 0.3) is 0 Å². The summed E-state index contributed by atoms with van der Waals surface area (Å²) in [5, 5.41) is 3.46. The van der Waals surface area contributed by atoms with Crippen LogP contribution >= 0.6 is 23.2 Å². The summed E-state index contributed by atoms with van der Waals surface area (Å²) in [5.41, 5.74) is 1.22. The number of halogens is 2. The fraction of sp³-hybridized carbons (Fsp3) is 0.316. The molecule has 2 aromatic rings. The number of rotatable bonds is 5. The van der Waals surface area contributed by atoms with E-state index in [0.29, 0.717) is 41.7 Å². The minimum atomic E-state index is -3.39. The Labute approximate surface area is 169 Å². The highest BCUT2D eigenvalue weighted by Gasteiger charge is 2.31. The standard InChI is InChI=1S/C19H20Cl2N2O3S/c20-16-7-4-8-17(18(16)21)22-19(24)15-9-11-23(12-10-15)27(25,26)13-14-5-2-1-3-6-14/h1-8,15H,9-13H2,(H,22,24). The lowest BCUT2D eigenvalue weighted by atomic mass is 9.97. The number of nitrogens with one attached hydrogen (secondary N) is 1. The highest BCUT2D eigenvalue weighted by molar-refractivity contribution is 7.88. The Bertz CT molecular complexity index is 912. The molecule has 5 nitrogen and oxygen atoms in total. The molecule has 1 aliphatic heterocycles. The molecule has 0 aromatic heterocycles. The molecule has 27 heavy (non-hydrogen) atoms. The Morgan fingerprint density at radius 1 is 1.04 bits per heavy atom. The van der Waals surface area contributed by atoms with Gasteiger partial charge in [-0.25, -0.2) is 12.7 Å². The van der Waals surface area contributed by atoms with Crippen LogP contribution in [0, 0.1) is 5.92 Å². The second-order valence-electron chi connectivity index (χ2n) is 6.51. The molecule has 0 bridgehead atoms. The highest BCUT2D eigenvalue weighted by atomic mass is 35.5. The number of amides is 1. The molecule has 0 spiro atoms. The van der Waals surface area contributed by atoms with E-state index in [-0.39, 0.29) is 17.6 Å². The van der Waals surface area contributed by atoms with Crippen molar-refractivity contribution in [3.63, 3.8) is 0 Å². The first-order valence-electron chi connectivity index (χ1n) is 8.63. The third kappa shape index (κ3) is 5.02. The van der Waals surface area contributed by atoms with Crippen LogP contribution in [0.4, 0.5) is 5.69 Å². The van der Waals surface area contributed by atoms with Crippen LogP contribution in [0.2, 0.25) is 10.0 Å². The Morgan fingerprint density at radius 2 is 1.70 bits per heavy atom. The molecule has 144 valence electrons. The van der Waals surface area contributed by atoms with Gasteiger partial charge in [0, 0.05) is 19.0 Å². The monoisotopic (exact) mass is 426 g/mol. The van der Waals surface area contributed by atoms with Crippen molar-refractivity contribution >= 4 is 44.8 Å². The first-order chi connectivity index (χ1) is 12.9. The lowest BCUT2D eigenvalue weighted by molar-refractivity contribution is -0.120. The van der Waals surface area contributed by atoms with Gasteiger partial charge in [-0.1, -0.05) is 59.6 Å². The van der Waals surface area contributed by atoms with Crippen LogP contribution in [0.5, 0.6) is 0 Å². The average molecular weight is 427 g/mol. The quantitative estimate of drug-likeness (QED) is 0.779. The fourth-order valence-corrected chi connectivity index (χ4v) is 5.02. The van der Waals surface area contributed by atoms with E-state index in [1.54, 1.807) is 30.3 Å². The van der Waals surface area contributed by atoms with E-state index in [1.165, 1.54) is 4.31 Å². The molecule has 0 atom stereocenters. The van der Waals surface area contributed by atoms with E-state index < -0.39 is 10.0 Å². The van der Waals surface area contributed by atoms with Crippen LogP contribution in [0.15, 0.2) is 48.5 Å². The van der Waals surface area contributed by atoms with Gasteiger partial charge in [-0.15, -0.1) is 0 Å². The molecule has 0 aliphatic carbocycles. The summed E-state index contributed by atoms with van der Waals surface area (Å²) < 4.78 is 26.7. The number of carbonyl (C=O) groups is 1. The van der Waals surface area contributed by atoms with Crippen molar-refractivity contribution in [2.45, 2.75) is 18.6 Å². The average Bonchev–Trinajstić information content (AvgIpc) is 2.66. The topological polar surface area (TPSA) is 66.5 Å². The van der Waals surface area contributed by atoms with E-state index in [9.17, 15) is 13.2 Å². The molecule has 1 amide bonds. The number of carbonyl (C=O) groups excluding carboxylic acids is 1. The number of sulfonamides is 1. The predicted molar refractivity (Wildman–Crippen MR) is 108 cm³/mol. The minimum Gasteiger partial charge on any atom is -0.324 e. The van der Waals surface area contributed by atoms with Crippen molar-refractivity contribution in [1.82, 2.24) is 4.31 Å². The maximum absolute atomic E-state index is 12.6. The Kier molecular flexibility index (Phi) is 6.42. The number of nitrogens with zero attached hydrogens (tertiary/aromatic N) is 1. The molecule has 0 radical (unpaired) electrons. The summed E-state index contributed by atoms with van der Waals surface area (Å²) in [6.45, 7) is 0.660. The highest BCUT2D eigenvalue weighted by Crippen LogP contribution is 2.31. The molecule has 1 fully saturated rings. The first kappa shape index (κ1) is 20.1. The second-order valence-corrected chi connectivity index (χ2v) is 9.26. The second kappa shape index (κ2) is 8.61. The SMILES string of the molecule is O=C(Nc1cccc(Cl)c1Cl)C1CCN(S(=O)(=O)Cc2ccccc2)CC1. The normalized spacial score (nSPS) is 16.2. The van der Waals surface area contributed by atoms with Crippen molar-refractivity contribution in [2.75, 3.05) is 18.4 Å². The molecule has 3 rings (SSSR count). The van der Waals surface area contributed by atoms with Gasteiger partial charge in [0.1, 0.15) is 0 Å². The number of piperidine rings is 1. The van der Waals surface area contributed by atoms with Gasteiger partial charge in [-0.05, 0) is 30.5 Å². The number of anilines is 1. The Balaban J connectivity index is 1.58. The maximum atomic E-state index is 12.6. The molecular formula is C19H20Cl2N2O3S. The summed E-state index contributed by atoms with van der Waals surface area (Å²) in [7, 11) is -3.39. The van der Waals surface area contributed by atoms with Crippen molar-refractivity contribution < 1.29 is 13.2 Å². The fourth-order valence-electron chi connectivity index (χ4n) is 3.11. The molecule has 8 heteroatoms. The van der Waals surface area contributed by atoms with Gasteiger partial charge in [0.05, 0.1) is 21.5 Å². The van der Waals surface area contributed by atoms with Crippen molar-refractivity contribution in [3.8, 4) is 0 Å². The number of benzene rings is 2. The third-order valence-electron chi connectivity index (χ3n) is 4.62. The van der Waals surface area contributed by atoms with Crippen LogP contribution in [0.3, 0.4) is 0 Å². The molecular weight excluding hydrogens is 407 g/mol. The molecule has 1 saturated heterocycles. The van der Waals surface area contributed by atoms with Gasteiger partial charge in [0.25, 0.3) is 0 Å². The summed E-state index contributed by atoms with van der Waals surface area (Å²) in [5.74, 6) is -0.453. The van der Waals surface area contributed by atoms with Crippen LogP contribution in [0.1, 0.15) is 18.4 Å². The van der Waals surface area contributed by atoms with E-state index >= 15 is 0 Å². The Morgan fingerprint density at radius 3 is 2.37 bits per heavy atom. The summed E-state index contributed by atoms with van der Waals surface area (Å²) in [6.07, 6.45) is 0.941. The smallest absolute Gasteiger partial charge is 0.227 e. The van der Waals surface area contributed by atoms with Crippen LogP contribution in [-0.2, 0) is 20.6 Å². The zero-order valence-electron chi connectivity index (χ0n) is 14.6. The zero-order chi connectivity index (χ0) is 19.4. The Hall–Kier alpha value is -1.60. The minimum absolute atomic E-state index is 0.0250. The molecule has 1 aliphatic rings. The van der Waals surface area contributed by atoms with E-state index in [1.807, 2.05) is 18.2 Å². The number of hydrogen-bond acceptors (Lipinski definition) is 3. The van der Waals surface area contributed by atoms with Crippen LogP contribution in [-0.4, -0.2) is 31.7 Å². The zero-order valence-corrected chi connectivity index (χ0v) is 16.9. The number of hydrogen-bond donors (Lipinski definition) is 1.